The van der Waals surface area contributed by atoms with E-state index in [0.717, 1.165) is 19.3 Å². The average Bonchev–Trinajstić information content (AvgIpc) is 2.52. The van der Waals surface area contributed by atoms with Gasteiger partial charge in [0.15, 0.2) is 0 Å². The molecule has 0 aromatic heterocycles. The number of amides is 2. The predicted octanol–water partition coefficient (Wildman–Crippen LogP) is 2.07. The van der Waals surface area contributed by atoms with E-state index < -0.39 is 0 Å². The minimum atomic E-state index is -0.102. The molecular formula is C16H24ClN3O2. The molecule has 0 radical (unpaired) electrons. The van der Waals surface area contributed by atoms with Gasteiger partial charge in [-0.2, -0.15) is 0 Å². The van der Waals surface area contributed by atoms with Gasteiger partial charge in [0.25, 0.3) is 5.91 Å². The van der Waals surface area contributed by atoms with Gasteiger partial charge in [-0.1, -0.05) is 13.0 Å². The van der Waals surface area contributed by atoms with Crippen molar-refractivity contribution in [1.29, 1.82) is 0 Å². The summed E-state index contributed by atoms with van der Waals surface area (Å²) in [7, 11) is 0. The van der Waals surface area contributed by atoms with E-state index in [2.05, 4.69) is 5.32 Å². The van der Waals surface area contributed by atoms with Crippen LogP contribution in [0, 0.1) is 5.92 Å². The maximum atomic E-state index is 12.5. The first-order valence-electron chi connectivity index (χ1n) is 7.54. The summed E-state index contributed by atoms with van der Waals surface area (Å²) in [6.45, 7) is 3.91. The van der Waals surface area contributed by atoms with E-state index in [1.165, 1.54) is 0 Å². The molecule has 0 saturated carbocycles. The molecule has 22 heavy (non-hydrogen) atoms. The van der Waals surface area contributed by atoms with Crippen LogP contribution in [0.4, 0.5) is 5.69 Å². The number of halogens is 1. The zero-order valence-electron chi connectivity index (χ0n) is 12.9. The Balaban J connectivity index is 0.00000242. The Labute approximate surface area is 137 Å². The fraction of sp³-hybridized carbons (Fsp3) is 0.500. The molecule has 5 nitrogen and oxygen atoms in total. The molecule has 6 heteroatoms. The number of piperidine rings is 1. The van der Waals surface area contributed by atoms with Gasteiger partial charge in [-0.25, -0.2) is 0 Å². The highest BCUT2D eigenvalue weighted by Gasteiger charge is 2.28. The number of rotatable bonds is 4. The second-order valence-corrected chi connectivity index (χ2v) is 5.51. The predicted molar refractivity (Wildman–Crippen MR) is 90.0 cm³/mol. The van der Waals surface area contributed by atoms with Gasteiger partial charge in [0.2, 0.25) is 5.91 Å². The Bertz CT molecular complexity index is 522. The van der Waals surface area contributed by atoms with E-state index in [1.54, 1.807) is 29.2 Å². The van der Waals surface area contributed by atoms with Crippen LogP contribution in [0.15, 0.2) is 24.3 Å². The molecular weight excluding hydrogens is 302 g/mol. The van der Waals surface area contributed by atoms with Crippen LogP contribution in [0.5, 0.6) is 0 Å². The Hall–Kier alpha value is -1.75. The molecule has 2 rings (SSSR count). The number of nitrogens with zero attached hydrogens (tertiary/aromatic N) is 1. The van der Waals surface area contributed by atoms with Crippen molar-refractivity contribution in [3.05, 3.63) is 29.8 Å². The first-order valence-corrected chi connectivity index (χ1v) is 7.54. The van der Waals surface area contributed by atoms with Crippen molar-refractivity contribution in [2.24, 2.45) is 5.92 Å². The number of nitrogen functional groups attached to an aromatic ring is 1. The molecule has 1 unspecified atom stereocenters. The second kappa shape index (κ2) is 8.63. The lowest BCUT2D eigenvalue weighted by molar-refractivity contribution is -0.126. The highest BCUT2D eigenvalue weighted by Crippen LogP contribution is 2.19. The highest BCUT2D eigenvalue weighted by atomic mass is 35.5. The van der Waals surface area contributed by atoms with Crippen LogP contribution >= 0.6 is 12.4 Å². The third-order valence-electron chi connectivity index (χ3n) is 3.76. The highest BCUT2D eigenvalue weighted by molar-refractivity contribution is 5.95. The number of benzene rings is 1. The lowest BCUT2D eigenvalue weighted by Gasteiger charge is -2.32. The van der Waals surface area contributed by atoms with Crippen molar-refractivity contribution in [1.82, 2.24) is 10.2 Å². The summed E-state index contributed by atoms with van der Waals surface area (Å²) < 4.78 is 0. The molecule has 2 amide bonds. The SMILES string of the molecule is CCCNC(=O)C1CCCN(C(=O)c2cccc(N)c2)C1.Cl. The number of carbonyl (C=O) groups excluding carboxylic acids is 2. The van der Waals surface area contributed by atoms with Gasteiger partial charge in [-0.05, 0) is 37.5 Å². The molecule has 1 aliphatic heterocycles. The average molecular weight is 326 g/mol. The van der Waals surface area contributed by atoms with E-state index in [9.17, 15) is 9.59 Å². The normalized spacial score (nSPS) is 17.5. The first kappa shape index (κ1) is 18.3. The maximum Gasteiger partial charge on any atom is 0.253 e. The van der Waals surface area contributed by atoms with Crippen molar-refractivity contribution in [2.75, 3.05) is 25.4 Å². The van der Waals surface area contributed by atoms with Crippen LogP contribution in [0.1, 0.15) is 36.5 Å². The molecule has 1 aromatic carbocycles. The van der Waals surface area contributed by atoms with Crippen molar-refractivity contribution in [2.45, 2.75) is 26.2 Å². The number of nitrogens with one attached hydrogen (secondary N) is 1. The fourth-order valence-corrected chi connectivity index (χ4v) is 2.62. The van der Waals surface area contributed by atoms with Gasteiger partial charge >= 0.3 is 0 Å². The van der Waals surface area contributed by atoms with E-state index in [-0.39, 0.29) is 30.1 Å². The summed E-state index contributed by atoms with van der Waals surface area (Å²) in [5, 5.41) is 2.91. The maximum absolute atomic E-state index is 12.5. The van der Waals surface area contributed by atoms with Gasteiger partial charge in [0, 0.05) is 30.9 Å². The molecule has 3 N–H and O–H groups in total. The standard InChI is InChI=1S/C16H23N3O2.ClH/c1-2-8-18-15(20)13-6-4-9-19(11-13)16(21)12-5-3-7-14(17)10-12;/h3,5,7,10,13H,2,4,6,8-9,11,17H2,1H3,(H,18,20);1H. The van der Waals surface area contributed by atoms with E-state index >= 15 is 0 Å². The van der Waals surface area contributed by atoms with Crippen LogP contribution in [0.3, 0.4) is 0 Å². The molecule has 1 heterocycles. The number of nitrogens with two attached hydrogens (primary N) is 1. The number of likely N-dealkylation sites (tertiary alicyclic amines) is 1. The van der Waals surface area contributed by atoms with Gasteiger partial charge < -0.3 is 16.0 Å². The second-order valence-electron chi connectivity index (χ2n) is 5.51. The quantitative estimate of drug-likeness (QED) is 0.832. The molecule has 1 saturated heterocycles. The van der Waals surface area contributed by atoms with Gasteiger partial charge in [0.05, 0.1) is 5.92 Å². The summed E-state index contributed by atoms with van der Waals surface area (Å²) in [6.07, 6.45) is 2.62. The molecule has 1 aliphatic rings. The van der Waals surface area contributed by atoms with Crippen LogP contribution in [0.25, 0.3) is 0 Å². The topological polar surface area (TPSA) is 75.4 Å². The zero-order valence-corrected chi connectivity index (χ0v) is 13.7. The van der Waals surface area contributed by atoms with Crippen molar-refractivity contribution in [3.63, 3.8) is 0 Å². The molecule has 122 valence electrons. The largest absolute Gasteiger partial charge is 0.399 e. The Morgan fingerprint density at radius 1 is 1.41 bits per heavy atom. The molecule has 1 aromatic rings. The van der Waals surface area contributed by atoms with Gasteiger partial charge in [-0.15, -0.1) is 12.4 Å². The molecule has 1 atom stereocenters. The first-order chi connectivity index (χ1) is 10.1. The lowest BCUT2D eigenvalue weighted by Crippen LogP contribution is -2.45. The molecule has 0 spiro atoms. The van der Waals surface area contributed by atoms with Crippen molar-refractivity contribution < 1.29 is 9.59 Å². The van der Waals surface area contributed by atoms with Crippen LogP contribution in [-0.4, -0.2) is 36.3 Å². The summed E-state index contributed by atoms with van der Waals surface area (Å²) in [5.74, 6) is -0.0903. The zero-order chi connectivity index (χ0) is 15.2. The van der Waals surface area contributed by atoms with E-state index in [1.807, 2.05) is 6.92 Å². The smallest absolute Gasteiger partial charge is 0.253 e. The summed E-state index contributed by atoms with van der Waals surface area (Å²) in [5.41, 5.74) is 6.89. The Morgan fingerprint density at radius 2 is 2.18 bits per heavy atom. The van der Waals surface area contributed by atoms with Crippen LogP contribution < -0.4 is 11.1 Å². The molecule has 0 aliphatic carbocycles. The minimum Gasteiger partial charge on any atom is -0.399 e. The van der Waals surface area contributed by atoms with Crippen LogP contribution in [-0.2, 0) is 4.79 Å². The molecule has 0 bridgehead atoms. The van der Waals surface area contributed by atoms with Gasteiger partial charge in [-0.3, -0.25) is 9.59 Å². The number of hydrogen-bond donors (Lipinski definition) is 2. The van der Waals surface area contributed by atoms with E-state index in [4.69, 9.17) is 5.73 Å². The Kier molecular flexibility index (Phi) is 7.18. The number of hydrogen-bond acceptors (Lipinski definition) is 3. The summed E-state index contributed by atoms with van der Waals surface area (Å²) in [6, 6.07) is 6.98. The third-order valence-corrected chi connectivity index (χ3v) is 3.76. The summed E-state index contributed by atoms with van der Waals surface area (Å²) >= 11 is 0. The number of carbonyl (C=O) groups is 2. The monoisotopic (exact) mass is 325 g/mol. The number of anilines is 1. The lowest BCUT2D eigenvalue weighted by atomic mass is 9.96. The van der Waals surface area contributed by atoms with Gasteiger partial charge in [0.1, 0.15) is 0 Å². The minimum absolute atomic E-state index is 0. The van der Waals surface area contributed by atoms with E-state index in [0.29, 0.717) is 30.9 Å². The third kappa shape index (κ3) is 4.63. The summed E-state index contributed by atoms with van der Waals surface area (Å²) in [4.78, 5) is 26.3. The van der Waals surface area contributed by atoms with Crippen molar-refractivity contribution >= 4 is 29.9 Å². The van der Waals surface area contributed by atoms with Crippen LogP contribution in [0.2, 0.25) is 0 Å². The fourth-order valence-electron chi connectivity index (χ4n) is 2.62. The Morgan fingerprint density at radius 3 is 2.86 bits per heavy atom. The van der Waals surface area contributed by atoms with Crippen molar-refractivity contribution in [3.8, 4) is 0 Å². The molecule has 1 fully saturated rings.